The Morgan fingerprint density at radius 1 is 1.35 bits per heavy atom. The average Bonchev–Trinajstić information content (AvgIpc) is 2.80. The number of aliphatic hydroxyl groups is 1. The summed E-state index contributed by atoms with van der Waals surface area (Å²) in [6.07, 6.45) is 1.65. The molecule has 2 saturated heterocycles. The van der Waals surface area contributed by atoms with E-state index in [2.05, 4.69) is 5.32 Å². The summed E-state index contributed by atoms with van der Waals surface area (Å²) in [6, 6.07) is 9.91. The molecule has 0 aliphatic carbocycles. The quantitative estimate of drug-likeness (QED) is 0.868. The Kier molecular flexibility index (Phi) is 3.89. The standard InChI is InChI=1S/C15H20N2O3/c18-9-13-14-7-6-12(8-16-13)17(14)15(19)20-10-11-4-2-1-3-5-11/h1-5,12-14,16,18H,6-10H2/t12-,13-,14+/m0/s1. The van der Waals surface area contributed by atoms with Crippen molar-refractivity contribution in [2.24, 2.45) is 0 Å². The summed E-state index contributed by atoms with van der Waals surface area (Å²) in [5, 5.41) is 12.7. The number of ether oxygens (including phenoxy) is 1. The monoisotopic (exact) mass is 276 g/mol. The van der Waals surface area contributed by atoms with Crippen molar-refractivity contribution in [2.45, 2.75) is 37.6 Å². The maximum absolute atomic E-state index is 12.3. The summed E-state index contributed by atoms with van der Waals surface area (Å²) in [6.45, 7) is 1.09. The van der Waals surface area contributed by atoms with Gasteiger partial charge >= 0.3 is 6.09 Å². The smallest absolute Gasteiger partial charge is 0.410 e. The molecule has 5 nitrogen and oxygen atoms in total. The van der Waals surface area contributed by atoms with Crippen molar-refractivity contribution in [1.29, 1.82) is 0 Å². The molecule has 1 aromatic rings. The maximum Gasteiger partial charge on any atom is 0.410 e. The molecule has 108 valence electrons. The van der Waals surface area contributed by atoms with Crippen LogP contribution in [0.5, 0.6) is 0 Å². The summed E-state index contributed by atoms with van der Waals surface area (Å²) in [4.78, 5) is 14.1. The summed E-state index contributed by atoms with van der Waals surface area (Å²) in [7, 11) is 0. The number of nitrogens with zero attached hydrogens (tertiary/aromatic N) is 1. The van der Waals surface area contributed by atoms with Crippen molar-refractivity contribution in [2.75, 3.05) is 13.2 Å². The van der Waals surface area contributed by atoms with Crippen LogP contribution in [0.3, 0.4) is 0 Å². The Morgan fingerprint density at radius 2 is 2.15 bits per heavy atom. The highest BCUT2D eigenvalue weighted by Crippen LogP contribution is 2.30. The van der Waals surface area contributed by atoms with E-state index >= 15 is 0 Å². The van der Waals surface area contributed by atoms with Crippen LogP contribution < -0.4 is 5.32 Å². The number of carbonyl (C=O) groups excluding carboxylic acids is 1. The molecule has 20 heavy (non-hydrogen) atoms. The highest BCUT2D eigenvalue weighted by atomic mass is 16.6. The lowest BCUT2D eigenvalue weighted by molar-refractivity contribution is 0.0476. The lowest BCUT2D eigenvalue weighted by Gasteiger charge is -2.39. The van der Waals surface area contributed by atoms with E-state index in [-0.39, 0.29) is 30.8 Å². The molecular weight excluding hydrogens is 256 g/mol. The molecule has 1 amide bonds. The van der Waals surface area contributed by atoms with Crippen molar-refractivity contribution in [3.8, 4) is 0 Å². The molecule has 0 spiro atoms. The van der Waals surface area contributed by atoms with Gasteiger partial charge in [0, 0.05) is 12.6 Å². The van der Waals surface area contributed by atoms with Crippen LogP contribution in [0.25, 0.3) is 0 Å². The predicted octanol–water partition coefficient (Wildman–Crippen LogP) is 1.12. The van der Waals surface area contributed by atoms with Crippen molar-refractivity contribution < 1.29 is 14.6 Å². The second kappa shape index (κ2) is 5.81. The Morgan fingerprint density at radius 3 is 2.90 bits per heavy atom. The van der Waals surface area contributed by atoms with E-state index in [1.165, 1.54) is 0 Å². The van der Waals surface area contributed by atoms with Crippen LogP contribution in [0.2, 0.25) is 0 Å². The predicted molar refractivity (Wildman–Crippen MR) is 74.2 cm³/mol. The van der Waals surface area contributed by atoms with Gasteiger partial charge in [-0.3, -0.25) is 4.90 Å². The first-order chi connectivity index (χ1) is 9.79. The number of piperazine rings is 1. The number of rotatable bonds is 3. The van der Waals surface area contributed by atoms with Crippen molar-refractivity contribution in [1.82, 2.24) is 10.2 Å². The van der Waals surface area contributed by atoms with Crippen LogP contribution in [0, 0.1) is 0 Å². The van der Waals surface area contributed by atoms with E-state index in [0.29, 0.717) is 6.61 Å². The van der Waals surface area contributed by atoms with Crippen LogP contribution in [-0.4, -0.2) is 47.4 Å². The van der Waals surface area contributed by atoms with Gasteiger partial charge in [0.05, 0.1) is 18.7 Å². The highest BCUT2D eigenvalue weighted by molar-refractivity contribution is 5.69. The van der Waals surface area contributed by atoms with E-state index in [9.17, 15) is 9.90 Å². The number of fused-ring (bicyclic) bond motifs is 2. The van der Waals surface area contributed by atoms with Gasteiger partial charge in [-0.25, -0.2) is 4.79 Å². The van der Waals surface area contributed by atoms with Crippen LogP contribution >= 0.6 is 0 Å². The van der Waals surface area contributed by atoms with Crippen LogP contribution in [0.1, 0.15) is 18.4 Å². The van der Waals surface area contributed by atoms with E-state index in [1.807, 2.05) is 35.2 Å². The molecule has 2 aliphatic heterocycles. The van der Waals surface area contributed by atoms with Crippen LogP contribution in [-0.2, 0) is 11.3 Å². The molecule has 0 aromatic heterocycles. The van der Waals surface area contributed by atoms with Gasteiger partial charge in [0.25, 0.3) is 0 Å². The van der Waals surface area contributed by atoms with Gasteiger partial charge in [0.2, 0.25) is 0 Å². The number of nitrogens with one attached hydrogen (secondary N) is 1. The zero-order valence-electron chi connectivity index (χ0n) is 11.4. The van der Waals surface area contributed by atoms with E-state index < -0.39 is 0 Å². The van der Waals surface area contributed by atoms with E-state index in [0.717, 1.165) is 24.9 Å². The number of aliphatic hydroxyl groups excluding tert-OH is 1. The Labute approximate surface area is 118 Å². The average molecular weight is 276 g/mol. The van der Waals surface area contributed by atoms with Crippen molar-refractivity contribution in [3.63, 3.8) is 0 Å². The molecule has 3 atom stereocenters. The van der Waals surface area contributed by atoms with Gasteiger partial charge in [0.15, 0.2) is 0 Å². The zero-order chi connectivity index (χ0) is 13.9. The molecule has 0 unspecified atom stereocenters. The molecule has 2 bridgehead atoms. The van der Waals surface area contributed by atoms with Crippen molar-refractivity contribution >= 4 is 6.09 Å². The molecule has 0 radical (unpaired) electrons. The summed E-state index contributed by atoms with van der Waals surface area (Å²) in [5.41, 5.74) is 0.988. The molecule has 3 rings (SSSR count). The Balaban J connectivity index is 1.62. The van der Waals surface area contributed by atoms with Gasteiger partial charge in [-0.1, -0.05) is 30.3 Å². The third-order valence-corrected chi connectivity index (χ3v) is 4.24. The maximum atomic E-state index is 12.3. The number of hydrogen-bond acceptors (Lipinski definition) is 4. The second-order valence-corrected chi connectivity index (χ2v) is 5.44. The van der Waals surface area contributed by atoms with Gasteiger partial charge in [-0.15, -0.1) is 0 Å². The molecule has 2 aliphatic rings. The molecule has 2 N–H and O–H groups in total. The first-order valence-electron chi connectivity index (χ1n) is 7.13. The van der Waals surface area contributed by atoms with Gasteiger partial charge < -0.3 is 15.2 Å². The molecule has 5 heteroatoms. The first kappa shape index (κ1) is 13.4. The number of carbonyl (C=O) groups is 1. The number of hydrogen-bond donors (Lipinski definition) is 2. The summed E-state index contributed by atoms with van der Waals surface area (Å²) in [5.74, 6) is 0. The number of benzene rings is 1. The first-order valence-corrected chi connectivity index (χ1v) is 7.13. The van der Waals surface area contributed by atoms with Gasteiger partial charge in [-0.05, 0) is 18.4 Å². The van der Waals surface area contributed by atoms with E-state index in [1.54, 1.807) is 0 Å². The third kappa shape index (κ3) is 2.51. The second-order valence-electron chi connectivity index (χ2n) is 5.44. The van der Waals surface area contributed by atoms with Crippen LogP contribution in [0.4, 0.5) is 4.79 Å². The lowest BCUT2D eigenvalue weighted by Crippen LogP contribution is -2.60. The van der Waals surface area contributed by atoms with E-state index in [4.69, 9.17) is 4.74 Å². The fourth-order valence-electron chi connectivity index (χ4n) is 3.20. The largest absolute Gasteiger partial charge is 0.445 e. The fourth-order valence-corrected chi connectivity index (χ4v) is 3.20. The molecule has 2 heterocycles. The minimum absolute atomic E-state index is 0.0296. The van der Waals surface area contributed by atoms with Crippen LogP contribution in [0.15, 0.2) is 30.3 Å². The minimum atomic E-state index is -0.263. The minimum Gasteiger partial charge on any atom is -0.445 e. The Hall–Kier alpha value is -1.59. The molecule has 2 fully saturated rings. The molecule has 0 saturated carbocycles. The third-order valence-electron chi connectivity index (χ3n) is 4.24. The topological polar surface area (TPSA) is 61.8 Å². The SMILES string of the molecule is O=C(OCc1ccccc1)N1[C@H]2CC[C@@H]1[C@H](CO)NC2. The molecule has 1 aromatic carbocycles. The zero-order valence-corrected chi connectivity index (χ0v) is 11.4. The summed E-state index contributed by atoms with van der Waals surface area (Å²) < 4.78 is 5.42. The van der Waals surface area contributed by atoms with Gasteiger partial charge in [0.1, 0.15) is 6.61 Å². The normalized spacial score (nSPS) is 28.4. The molecular formula is C15H20N2O3. The fraction of sp³-hybridized carbons (Fsp3) is 0.533. The highest BCUT2D eigenvalue weighted by Gasteiger charge is 2.45. The van der Waals surface area contributed by atoms with Gasteiger partial charge in [-0.2, -0.15) is 0 Å². The number of amides is 1. The Bertz CT molecular complexity index is 465. The lowest BCUT2D eigenvalue weighted by atomic mass is 10.1. The summed E-state index contributed by atoms with van der Waals surface area (Å²) >= 11 is 0. The van der Waals surface area contributed by atoms with Crippen molar-refractivity contribution in [3.05, 3.63) is 35.9 Å².